The Morgan fingerprint density at radius 3 is 2.60 bits per heavy atom. The zero-order valence-electron chi connectivity index (χ0n) is 9.60. The normalized spacial score (nSPS) is 11.5. The minimum absolute atomic E-state index is 0.0565. The number of benzene rings is 1. The zero-order valence-corrected chi connectivity index (χ0v) is 9.60. The number of rotatable bonds is 4. The van der Waals surface area contributed by atoms with E-state index < -0.39 is 0 Å². The third-order valence-corrected chi connectivity index (χ3v) is 2.41. The van der Waals surface area contributed by atoms with Crippen LogP contribution in [-0.2, 0) is 0 Å². The monoisotopic (exact) mass is 210 g/mol. The summed E-state index contributed by atoms with van der Waals surface area (Å²) in [5.41, 5.74) is 7.06. The molecule has 2 nitrogen and oxygen atoms in total. The van der Waals surface area contributed by atoms with Crippen molar-refractivity contribution >= 4 is 5.69 Å². The molecule has 1 rings (SSSR count). The van der Waals surface area contributed by atoms with Gasteiger partial charge in [0.25, 0.3) is 0 Å². The highest BCUT2D eigenvalue weighted by atomic mass is 19.1. The molecule has 0 aliphatic rings. The molecule has 0 atom stereocenters. The predicted molar refractivity (Wildman–Crippen MR) is 62.5 cm³/mol. The molecule has 84 valence electrons. The van der Waals surface area contributed by atoms with Gasteiger partial charge in [-0.05, 0) is 57.5 Å². The van der Waals surface area contributed by atoms with E-state index in [2.05, 4.69) is 19.2 Å². The molecule has 1 aromatic carbocycles. The number of halogens is 1. The van der Waals surface area contributed by atoms with Gasteiger partial charge in [0.05, 0.1) is 0 Å². The van der Waals surface area contributed by atoms with Crippen molar-refractivity contribution in [2.45, 2.75) is 32.7 Å². The summed E-state index contributed by atoms with van der Waals surface area (Å²) in [6, 6.07) is 5.05. The van der Waals surface area contributed by atoms with Crippen LogP contribution in [-0.4, -0.2) is 12.1 Å². The number of anilines is 1. The Hall–Kier alpha value is -1.09. The maximum Gasteiger partial charge on any atom is 0.126 e. The van der Waals surface area contributed by atoms with Crippen LogP contribution in [0.4, 0.5) is 10.1 Å². The van der Waals surface area contributed by atoms with Gasteiger partial charge >= 0.3 is 0 Å². The lowest BCUT2D eigenvalue weighted by Gasteiger charge is -2.27. The molecule has 1 aromatic rings. The molecule has 0 aliphatic heterocycles. The minimum Gasteiger partial charge on any atom is -0.380 e. The van der Waals surface area contributed by atoms with Gasteiger partial charge in [-0.25, -0.2) is 4.39 Å². The van der Waals surface area contributed by atoms with Gasteiger partial charge in [-0.2, -0.15) is 0 Å². The van der Waals surface area contributed by atoms with E-state index in [-0.39, 0.29) is 11.4 Å². The van der Waals surface area contributed by atoms with Crippen LogP contribution in [0.1, 0.15) is 25.8 Å². The summed E-state index contributed by atoms with van der Waals surface area (Å²) in [6.07, 6.45) is 0.878. The van der Waals surface area contributed by atoms with Crippen molar-refractivity contribution in [1.82, 2.24) is 0 Å². The Kier molecular flexibility index (Phi) is 3.69. The Morgan fingerprint density at radius 1 is 1.40 bits per heavy atom. The summed E-state index contributed by atoms with van der Waals surface area (Å²) in [5, 5.41) is 3.34. The van der Waals surface area contributed by atoms with Crippen LogP contribution >= 0.6 is 0 Å². The molecule has 0 saturated heterocycles. The van der Waals surface area contributed by atoms with Gasteiger partial charge < -0.3 is 11.1 Å². The van der Waals surface area contributed by atoms with Crippen LogP contribution in [0.15, 0.2) is 18.2 Å². The number of aryl methyl sites for hydroxylation is 1. The van der Waals surface area contributed by atoms with Crippen LogP contribution in [0.3, 0.4) is 0 Å². The van der Waals surface area contributed by atoms with E-state index in [1.54, 1.807) is 13.0 Å². The molecule has 0 unspecified atom stereocenters. The Bertz CT molecular complexity index is 334. The Balaban J connectivity index is 2.76. The fourth-order valence-electron chi connectivity index (χ4n) is 1.54. The number of nitrogens with one attached hydrogen (secondary N) is 1. The Labute approximate surface area is 90.7 Å². The van der Waals surface area contributed by atoms with E-state index in [4.69, 9.17) is 5.73 Å². The fourth-order valence-corrected chi connectivity index (χ4v) is 1.54. The van der Waals surface area contributed by atoms with Crippen molar-refractivity contribution in [2.24, 2.45) is 5.73 Å². The second kappa shape index (κ2) is 4.62. The van der Waals surface area contributed by atoms with E-state index in [1.807, 2.05) is 6.07 Å². The van der Waals surface area contributed by atoms with Gasteiger partial charge in [0.1, 0.15) is 5.82 Å². The molecule has 0 heterocycles. The standard InChI is InChI=1S/C12H19FN2/c1-9-8-10(4-5-11(9)13)15-12(2,3)6-7-14/h4-5,8,15H,6-7,14H2,1-3H3. The molecule has 0 spiro atoms. The van der Waals surface area contributed by atoms with E-state index in [9.17, 15) is 4.39 Å². The summed E-state index contributed by atoms with van der Waals surface area (Å²) in [6.45, 7) is 6.56. The summed E-state index contributed by atoms with van der Waals surface area (Å²) in [5.74, 6) is -0.169. The van der Waals surface area contributed by atoms with Crippen LogP contribution < -0.4 is 11.1 Å². The molecular weight excluding hydrogens is 191 g/mol. The molecule has 0 aliphatic carbocycles. The van der Waals surface area contributed by atoms with Gasteiger partial charge in [0, 0.05) is 11.2 Å². The SMILES string of the molecule is Cc1cc(NC(C)(C)CCN)ccc1F. The molecule has 0 bridgehead atoms. The molecule has 0 aromatic heterocycles. The lowest BCUT2D eigenvalue weighted by molar-refractivity contribution is 0.526. The first-order valence-electron chi connectivity index (χ1n) is 5.19. The predicted octanol–water partition coefficient (Wildman–Crippen LogP) is 2.67. The number of hydrogen-bond acceptors (Lipinski definition) is 2. The second-order valence-corrected chi connectivity index (χ2v) is 4.51. The number of nitrogens with two attached hydrogens (primary N) is 1. The first-order valence-corrected chi connectivity index (χ1v) is 5.19. The van der Waals surface area contributed by atoms with Crippen molar-refractivity contribution in [3.63, 3.8) is 0 Å². The van der Waals surface area contributed by atoms with E-state index in [0.29, 0.717) is 12.1 Å². The summed E-state index contributed by atoms with van der Waals surface area (Å²) in [4.78, 5) is 0. The smallest absolute Gasteiger partial charge is 0.126 e. The van der Waals surface area contributed by atoms with E-state index >= 15 is 0 Å². The highest BCUT2D eigenvalue weighted by Crippen LogP contribution is 2.19. The Morgan fingerprint density at radius 2 is 2.07 bits per heavy atom. The zero-order chi connectivity index (χ0) is 11.5. The molecular formula is C12H19FN2. The molecule has 3 N–H and O–H groups in total. The maximum atomic E-state index is 13.0. The van der Waals surface area contributed by atoms with Crippen LogP contribution in [0, 0.1) is 12.7 Å². The largest absolute Gasteiger partial charge is 0.380 e. The molecule has 15 heavy (non-hydrogen) atoms. The number of hydrogen-bond donors (Lipinski definition) is 2. The third kappa shape index (κ3) is 3.51. The van der Waals surface area contributed by atoms with Gasteiger partial charge in [-0.15, -0.1) is 0 Å². The lowest BCUT2D eigenvalue weighted by Crippen LogP contribution is -2.33. The van der Waals surface area contributed by atoms with Crippen LogP contribution in [0.25, 0.3) is 0 Å². The summed E-state index contributed by atoms with van der Waals surface area (Å²) < 4.78 is 13.0. The van der Waals surface area contributed by atoms with Gasteiger partial charge in [0.15, 0.2) is 0 Å². The van der Waals surface area contributed by atoms with Gasteiger partial charge in [-0.3, -0.25) is 0 Å². The highest BCUT2D eigenvalue weighted by Gasteiger charge is 2.16. The van der Waals surface area contributed by atoms with E-state index in [0.717, 1.165) is 12.1 Å². The van der Waals surface area contributed by atoms with E-state index in [1.165, 1.54) is 6.07 Å². The summed E-state index contributed by atoms with van der Waals surface area (Å²) in [7, 11) is 0. The molecule has 0 saturated carbocycles. The third-order valence-electron chi connectivity index (χ3n) is 2.41. The maximum absolute atomic E-state index is 13.0. The quantitative estimate of drug-likeness (QED) is 0.801. The average Bonchev–Trinajstić information content (AvgIpc) is 2.10. The van der Waals surface area contributed by atoms with Crippen molar-refractivity contribution in [1.29, 1.82) is 0 Å². The molecule has 0 fully saturated rings. The van der Waals surface area contributed by atoms with Crippen molar-refractivity contribution < 1.29 is 4.39 Å². The van der Waals surface area contributed by atoms with Crippen LogP contribution in [0.2, 0.25) is 0 Å². The topological polar surface area (TPSA) is 38.0 Å². The first-order chi connectivity index (χ1) is 6.94. The van der Waals surface area contributed by atoms with Gasteiger partial charge in [0.2, 0.25) is 0 Å². The molecule has 3 heteroatoms. The first kappa shape index (κ1) is 12.0. The van der Waals surface area contributed by atoms with Crippen molar-refractivity contribution in [3.8, 4) is 0 Å². The van der Waals surface area contributed by atoms with Crippen molar-refractivity contribution in [2.75, 3.05) is 11.9 Å². The van der Waals surface area contributed by atoms with Crippen molar-refractivity contribution in [3.05, 3.63) is 29.6 Å². The van der Waals surface area contributed by atoms with Gasteiger partial charge in [-0.1, -0.05) is 0 Å². The minimum atomic E-state index is -0.169. The summed E-state index contributed by atoms with van der Waals surface area (Å²) >= 11 is 0. The molecule has 0 radical (unpaired) electrons. The fraction of sp³-hybridized carbons (Fsp3) is 0.500. The second-order valence-electron chi connectivity index (χ2n) is 4.51. The average molecular weight is 210 g/mol. The lowest BCUT2D eigenvalue weighted by atomic mass is 10.00. The molecule has 0 amide bonds. The van der Waals surface area contributed by atoms with Crippen LogP contribution in [0.5, 0.6) is 0 Å². The highest BCUT2D eigenvalue weighted by molar-refractivity contribution is 5.47.